The molecule has 0 radical (unpaired) electrons. The van der Waals surface area contributed by atoms with Crippen LogP contribution in [0, 0.1) is 6.92 Å². The first-order valence-corrected chi connectivity index (χ1v) is 7.62. The third-order valence-corrected chi connectivity index (χ3v) is 4.33. The Bertz CT molecular complexity index is 899. The number of pyridine rings is 1. The molecule has 116 valence electrons. The van der Waals surface area contributed by atoms with Crippen LogP contribution < -0.4 is 5.32 Å². The molecular weight excluding hydrogens is 314 g/mol. The Hall–Kier alpha value is -2.80. The zero-order valence-corrected chi connectivity index (χ0v) is 13.3. The van der Waals surface area contributed by atoms with E-state index in [1.165, 1.54) is 7.11 Å². The predicted octanol–water partition coefficient (Wildman–Crippen LogP) is 3.04. The molecule has 7 heteroatoms. The highest BCUT2D eigenvalue weighted by Crippen LogP contribution is 2.24. The first kappa shape index (κ1) is 15.1. The lowest BCUT2D eigenvalue weighted by Crippen LogP contribution is -2.12. The minimum absolute atomic E-state index is 0.297. The van der Waals surface area contributed by atoms with E-state index < -0.39 is 5.97 Å². The van der Waals surface area contributed by atoms with Gasteiger partial charge in [0.15, 0.2) is 5.13 Å². The van der Waals surface area contributed by atoms with E-state index in [2.05, 4.69) is 20.0 Å². The predicted molar refractivity (Wildman–Crippen MR) is 87.9 cm³/mol. The van der Waals surface area contributed by atoms with E-state index in [0.717, 1.165) is 22.2 Å². The van der Waals surface area contributed by atoms with E-state index in [1.54, 1.807) is 19.2 Å². The molecule has 0 spiro atoms. The fourth-order valence-corrected chi connectivity index (χ4v) is 3.07. The van der Waals surface area contributed by atoms with Gasteiger partial charge in [-0.2, -0.15) is 0 Å². The van der Waals surface area contributed by atoms with Gasteiger partial charge in [-0.05, 0) is 19.1 Å². The summed E-state index contributed by atoms with van der Waals surface area (Å²) < 4.78 is 4.69. The van der Waals surface area contributed by atoms with Crippen molar-refractivity contribution in [2.24, 2.45) is 0 Å². The highest BCUT2D eigenvalue weighted by Gasteiger charge is 2.18. The Morgan fingerprint density at radius 2 is 2.00 bits per heavy atom. The van der Waals surface area contributed by atoms with Crippen LogP contribution in [0.2, 0.25) is 0 Å². The molecule has 0 aliphatic heterocycles. The first-order valence-electron chi connectivity index (χ1n) is 6.81. The summed E-state index contributed by atoms with van der Waals surface area (Å²) in [4.78, 5) is 32.9. The molecule has 1 amide bonds. The van der Waals surface area contributed by atoms with Crippen LogP contribution in [0.15, 0.2) is 36.5 Å². The topological polar surface area (TPSA) is 81.2 Å². The zero-order valence-electron chi connectivity index (χ0n) is 12.5. The number of esters is 1. The maximum atomic E-state index is 12.5. The summed E-state index contributed by atoms with van der Waals surface area (Å²) in [7, 11) is 1.31. The van der Waals surface area contributed by atoms with Gasteiger partial charge in [0.25, 0.3) is 5.91 Å². The van der Waals surface area contributed by atoms with Crippen molar-refractivity contribution in [3.05, 3.63) is 52.7 Å². The lowest BCUT2D eigenvalue weighted by Gasteiger charge is -2.05. The van der Waals surface area contributed by atoms with Crippen molar-refractivity contribution >= 4 is 39.2 Å². The van der Waals surface area contributed by atoms with Gasteiger partial charge >= 0.3 is 5.97 Å². The molecule has 0 saturated carbocycles. The first-order chi connectivity index (χ1) is 11.1. The van der Waals surface area contributed by atoms with Gasteiger partial charge in [0, 0.05) is 11.6 Å². The number of methoxy groups -OCH3 is 1. The summed E-state index contributed by atoms with van der Waals surface area (Å²) in [5, 5.41) is 3.84. The van der Waals surface area contributed by atoms with Gasteiger partial charge < -0.3 is 4.74 Å². The number of nitrogens with zero attached hydrogens (tertiary/aromatic N) is 2. The lowest BCUT2D eigenvalue weighted by molar-refractivity contribution is 0.0605. The second kappa shape index (κ2) is 6.13. The molecule has 1 aromatic carbocycles. The third-order valence-electron chi connectivity index (χ3n) is 3.28. The van der Waals surface area contributed by atoms with Crippen molar-refractivity contribution in [2.45, 2.75) is 6.92 Å². The van der Waals surface area contributed by atoms with Crippen LogP contribution in [-0.2, 0) is 4.74 Å². The van der Waals surface area contributed by atoms with Gasteiger partial charge in [0.1, 0.15) is 4.88 Å². The molecule has 1 N–H and O–H groups in total. The Kier molecular flexibility index (Phi) is 4.03. The number of thiazole rings is 1. The van der Waals surface area contributed by atoms with Crippen molar-refractivity contribution in [3.63, 3.8) is 0 Å². The number of ether oxygens (including phenoxy) is 1. The number of nitrogens with one attached hydrogen (secondary N) is 1. The Morgan fingerprint density at radius 3 is 2.78 bits per heavy atom. The molecular formula is C16H13N3O3S. The highest BCUT2D eigenvalue weighted by molar-refractivity contribution is 7.17. The number of hydrogen-bond acceptors (Lipinski definition) is 6. The number of anilines is 1. The van der Waals surface area contributed by atoms with Crippen LogP contribution in [0.5, 0.6) is 0 Å². The van der Waals surface area contributed by atoms with E-state index >= 15 is 0 Å². The fraction of sp³-hybridized carbons (Fsp3) is 0.125. The number of para-hydroxylation sites is 1. The number of carbonyl (C=O) groups excluding carboxylic acids is 2. The van der Waals surface area contributed by atoms with Crippen LogP contribution in [0.4, 0.5) is 5.13 Å². The van der Waals surface area contributed by atoms with Crippen molar-refractivity contribution in [3.8, 4) is 0 Å². The van der Waals surface area contributed by atoms with Crippen LogP contribution in [0.3, 0.4) is 0 Å². The molecule has 2 aromatic heterocycles. The number of carbonyl (C=O) groups is 2. The summed E-state index contributed by atoms with van der Waals surface area (Å²) in [6.45, 7) is 1.69. The van der Waals surface area contributed by atoms with E-state index in [0.29, 0.717) is 21.3 Å². The number of hydrogen-bond donors (Lipinski definition) is 1. The fourth-order valence-electron chi connectivity index (χ4n) is 2.19. The van der Waals surface area contributed by atoms with Crippen LogP contribution in [-0.4, -0.2) is 29.0 Å². The summed E-state index contributed by atoms with van der Waals surface area (Å²) in [6, 6.07) is 9.05. The highest BCUT2D eigenvalue weighted by atomic mass is 32.1. The van der Waals surface area contributed by atoms with E-state index in [-0.39, 0.29) is 5.91 Å². The largest absolute Gasteiger partial charge is 0.465 e. The molecule has 2 heterocycles. The summed E-state index contributed by atoms with van der Waals surface area (Å²) in [5.74, 6) is -0.761. The van der Waals surface area contributed by atoms with Crippen molar-refractivity contribution < 1.29 is 14.3 Å². The van der Waals surface area contributed by atoms with Gasteiger partial charge in [-0.15, -0.1) is 0 Å². The average Bonchev–Trinajstić information content (AvgIpc) is 2.93. The zero-order chi connectivity index (χ0) is 16.4. The quantitative estimate of drug-likeness (QED) is 0.748. The van der Waals surface area contributed by atoms with Crippen molar-refractivity contribution in [1.82, 2.24) is 9.97 Å². The standard InChI is InChI=1S/C16H13N3O3S/c1-9-13(15(21)22-2)23-16(18-9)19-14(20)11-7-8-17-12-6-4-3-5-10(11)12/h3-8H,1-2H3,(H,18,19,20). The molecule has 6 nitrogen and oxygen atoms in total. The van der Waals surface area contributed by atoms with Crippen molar-refractivity contribution in [1.29, 1.82) is 0 Å². The van der Waals surface area contributed by atoms with E-state index in [1.807, 2.05) is 24.3 Å². The molecule has 0 bridgehead atoms. The maximum Gasteiger partial charge on any atom is 0.350 e. The van der Waals surface area contributed by atoms with Crippen LogP contribution in [0.1, 0.15) is 25.7 Å². The van der Waals surface area contributed by atoms with Gasteiger partial charge in [0.05, 0.1) is 23.9 Å². The smallest absolute Gasteiger partial charge is 0.350 e. The van der Waals surface area contributed by atoms with Crippen LogP contribution in [0.25, 0.3) is 10.9 Å². The maximum absolute atomic E-state index is 12.5. The number of benzene rings is 1. The Balaban J connectivity index is 1.91. The molecule has 0 atom stereocenters. The summed E-state index contributed by atoms with van der Waals surface area (Å²) in [5.41, 5.74) is 1.77. The van der Waals surface area contributed by atoms with Gasteiger partial charge in [-0.25, -0.2) is 9.78 Å². The van der Waals surface area contributed by atoms with Gasteiger partial charge in [-0.1, -0.05) is 29.5 Å². The number of amides is 1. The second-order valence-corrected chi connectivity index (χ2v) is 5.75. The minimum atomic E-state index is -0.463. The molecule has 0 fully saturated rings. The monoisotopic (exact) mass is 327 g/mol. The van der Waals surface area contributed by atoms with Crippen molar-refractivity contribution in [2.75, 3.05) is 12.4 Å². The van der Waals surface area contributed by atoms with E-state index in [9.17, 15) is 9.59 Å². The van der Waals surface area contributed by atoms with E-state index in [4.69, 9.17) is 0 Å². The number of rotatable bonds is 3. The lowest BCUT2D eigenvalue weighted by atomic mass is 10.1. The Morgan fingerprint density at radius 1 is 1.22 bits per heavy atom. The van der Waals surface area contributed by atoms with Gasteiger partial charge in [-0.3, -0.25) is 15.1 Å². The normalized spacial score (nSPS) is 10.5. The molecule has 0 unspecified atom stereocenters. The summed E-state index contributed by atoms with van der Waals surface area (Å²) >= 11 is 1.09. The Labute approximate surface area is 136 Å². The summed E-state index contributed by atoms with van der Waals surface area (Å²) in [6.07, 6.45) is 1.59. The van der Waals surface area contributed by atoms with Crippen LogP contribution >= 0.6 is 11.3 Å². The molecule has 23 heavy (non-hydrogen) atoms. The molecule has 0 saturated heterocycles. The minimum Gasteiger partial charge on any atom is -0.465 e. The number of aryl methyl sites for hydroxylation is 1. The SMILES string of the molecule is COC(=O)c1sc(NC(=O)c2ccnc3ccccc23)nc1C. The number of aromatic nitrogens is 2. The van der Waals surface area contributed by atoms with Gasteiger partial charge in [0.2, 0.25) is 0 Å². The molecule has 0 aliphatic rings. The molecule has 0 aliphatic carbocycles. The second-order valence-electron chi connectivity index (χ2n) is 4.75. The molecule has 3 aromatic rings. The molecule has 3 rings (SSSR count). The number of fused-ring (bicyclic) bond motifs is 1. The average molecular weight is 327 g/mol. The third kappa shape index (κ3) is 2.91.